The van der Waals surface area contributed by atoms with Gasteiger partial charge in [0.05, 0.1) is 12.7 Å². The zero-order chi connectivity index (χ0) is 18.2. The summed E-state index contributed by atoms with van der Waals surface area (Å²) in [5.41, 5.74) is 2.95. The van der Waals surface area contributed by atoms with Gasteiger partial charge in [0.2, 0.25) is 0 Å². The van der Waals surface area contributed by atoms with Gasteiger partial charge in [0.25, 0.3) is 0 Å². The molecule has 0 spiro atoms. The number of rotatable bonds is 8. The molecule has 0 radical (unpaired) electrons. The molecule has 0 saturated heterocycles. The monoisotopic (exact) mass is 353 g/mol. The number of nitrogens with zero attached hydrogens (tertiary/aromatic N) is 3. The number of nitrogens with one attached hydrogen (secondary N) is 2. The third-order valence-corrected chi connectivity index (χ3v) is 5.27. The van der Waals surface area contributed by atoms with Crippen molar-refractivity contribution in [1.82, 2.24) is 20.4 Å². The molecule has 140 valence electrons. The van der Waals surface area contributed by atoms with Crippen LogP contribution in [-0.4, -0.2) is 35.4 Å². The summed E-state index contributed by atoms with van der Waals surface area (Å²) < 4.78 is 1.86. The molecular formula is C21H31N5. The van der Waals surface area contributed by atoms with Crippen LogP contribution in [0.5, 0.6) is 0 Å². The minimum Gasteiger partial charge on any atom is -0.357 e. The van der Waals surface area contributed by atoms with Gasteiger partial charge in [-0.25, -0.2) is 0 Å². The van der Waals surface area contributed by atoms with Crippen molar-refractivity contribution >= 4 is 5.96 Å². The highest BCUT2D eigenvalue weighted by molar-refractivity contribution is 5.79. The largest absolute Gasteiger partial charge is 0.357 e. The molecule has 2 aromatic rings. The molecule has 1 aliphatic rings. The van der Waals surface area contributed by atoms with Crippen molar-refractivity contribution in [2.24, 2.45) is 12.0 Å². The lowest BCUT2D eigenvalue weighted by Gasteiger charge is -2.41. The van der Waals surface area contributed by atoms with E-state index in [-0.39, 0.29) is 5.41 Å². The molecular weight excluding hydrogens is 322 g/mol. The summed E-state index contributed by atoms with van der Waals surface area (Å²) in [7, 11) is 1.96. The van der Waals surface area contributed by atoms with E-state index in [1.54, 1.807) is 0 Å². The first-order valence-corrected chi connectivity index (χ1v) is 9.77. The minimum absolute atomic E-state index is 0.235. The molecule has 0 atom stereocenters. The van der Waals surface area contributed by atoms with Crippen LogP contribution in [0.15, 0.2) is 47.7 Å². The normalized spacial score (nSPS) is 16.2. The molecule has 1 aromatic heterocycles. The first-order chi connectivity index (χ1) is 12.7. The predicted molar refractivity (Wildman–Crippen MR) is 107 cm³/mol. The highest BCUT2D eigenvalue weighted by atomic mass is 15.2. The summed E-state index contributed by atoms with van der Waals surface area (Å²) in [6, 6.07) is 10.9. The molecule has 0 bridgehead atoms. The van der Waals surface area contributed by atoms with Crippen LogP contribution in [0.3, 0.4) is 0 Å². The van der Waals surface area contributed by atoms with E-state index >= 15 is 0 Å². The molecule has 5 nitrogen and oxygen atoms in total. The van der Waals surface area contributed by atoms with Crippen molar-refractivity contribution in [1.29, 1.82) is 0 Å². The maximum atomic E-state index is 4.91. The Morgan fingerprint density at radius 3 is 2.65 bits per heavy atom. The van der Waals surface area contributed by atoms with Crippen LogP contribution >= 0.6 is 0 Å². The Morgan fingerprint density at radius 2 is 2.04 bits per heavy atom. The average molecular weight is 354 g/mol. The molecule has 0 aliphatic heterocycles. The molecule has 0 amide bonds. The van der Waals surface area contributed by atoms with Crippen LogP contribution in [0.2, 0.25) is 0 Å². The summed E-state index contributed by atoms with van der Waals surface area (Å²) in [6.45, 7) is 4.77. The predicted octanol–water partition coefficient (Wildman–Crippen LogP) is 3.03. The van der Waals surface area contributed by atoms with Gasteiger partial charge in [0, 0.05) is 31.7 Å². The molecule has 2 N–H and O–H groups in total. The van der Waals surface area contributed by atoms with E-state index < -0.39 is 0 Å². The Morgan fingerprint density at radius 1 is 1.23 bits per heavy atom. The van der Waals surface area contributed by atoms with E-state index in [2.05, 4.69) is 59.2 Å². The lowest BCUT2D eigenvalue weighted by atomic mass is 9.64. The molecule has 0 unspecified atom stereocenters. The highest BCUT2D eigenvalue weighted by Gasteiger charge is 2.38. The number of guanidine groups is 1. The van der Waals surface area contributed by atoms with Gasteiger partial charge in [-0.2, -0.15) is 5.10 Å². The summed E-state index contributed by atoms with van der Waals surface area (Å²) in [4.78, 5) is 4.91. The van der Waals surface area contributed by atoms with Gasteiger partial charge in [-0.05, 0) is 43.7 Å². The maximum absolute atomic E-state index is 4.91. The Kier molecular flexibility index (Phi) is 6.31. The summed E-state index contributed by atoms with van der Waals surface area (Å²) in [5, 5.41) is 11.1. The van der Waals surface area contributed by atoms with E-state index in [9.17, 15) is 0 Å². The Bertz CT molecular complexity index is 700. The highest BCUT2D eigenvalue weighted by Crippen LogP contribution is 2.43. The fraction of sp³-hybridized carbons (Fsp3) is 0.524. The smallest absolute Gasteiger partial charge is 0.191 e. The van der Waals surface area contributed by atoms with Gasteiger partial charge in [-0.3, -0.25) is 9.67 Å². The number of aryl methyl sites for hydroxylation is 2. The summed E-state index contributed by atoms with van der Waals surface area (Å²) >= 11 is 0. The lowest BCUT2D eigenvalue weighted by Crippen LogP contribution is -2.42. The van der Waals surface area contributed by atoms with Crippen LogP contribution in [0.25, 0.3) is 0 Å². The first kappa shape index (κ1) is 18.5. The Balaban J connectivity index is 1.53. The zero-order valence-electron chi connectivity index (χ0n) is 16.0. The van der Waals surface area contributed by atoms with Gasteiger partial charge in [0.15, 0.2) is 5.96 Å². The molecule has 1 fully saturated rings. The number of aromatic nitrogens is 2. The molecule has 26 heavy (non-hydrogen) atoms. The first-order valence-electron chi connectivity index (χ1n) is 9.77. The SMILES string of the molecule is CCNC(=NCC1(c2ccccc2)CCC1)NCCCc1cnn(C)c1. The van der Waals surface area contributed by atoms with Crippen LogP contribution in [0, 0.1) is 0 Å². The van der Waals surface area contributed by atoms with E-state index in [1.807, 2.05) is 17.9 Å². The van der Waals surface area contributed by atoms with Crippen molar-refractivity contribution in [3.63, 3.8) is 0 Å². The Labute approximate surface area is 156 Å². The number of benzene rings is 1. The van der Waals surface area contributed by atoms with Crippen molar-refractivity contribution in [3.8, 4) is 0 Å². The summed E-state index contributed by atoms with van der Waals surface area (Å²) in [5.74, 6) is 0.931. The number of aliphatic imine (C=N–C) groups is 1. The fourth-order valence-electron chi connectivity index (χ4n) is 3.61. The van der Waals surface area contributed by atoms with Crippen molar-refractivity contribution in [2.75, 3.05) is 19.6 Å². The third-order valence-electron chi connectivity index (χ3n) is 5.27. The van der Waals surface area contributed by atoms with Gasteiger partial charge in [-0.15, -0.1) is 0 Å². The topological polar surface area (TPSA) is 54.2 Å². The van der Waals surface area contributed by atoms with E-state index in [1.165, 1.54) is 30.4 Å². The molecule has 5 heteroatoms. The standard InChI is InChI=1S/C21H31N5/c1-3-22-20(23-14-7-9-18-15-25-26(2)16-18)24-17-21(12-8-13-21)19-10-5-4-6-11-19/h4-6,10-11,15-16H,3,7-9,12-14,17H2,1-2H3,(H2,22,23,24). The maximum Gasteiger partial charge on any atom is 0.191 e. The van der Waals surface area contributed by atoms with Crippen LogP contribution in [-0.2, 0) is 18.9 Å². The van der Waals surface area contributed by atoms with Crippen LogP contribution in [0.1, 0.15) is 43.7 Å². The lowest BCUT2D eigenvalue weighted by molar-refractivity contribution is 0.253. The van der Waals surface area contributed by atoms with Gasteiger partial charge >= 0.3 is 0 Å². The quantitative estimate of drug-likeness (QED) is 0.436. The minimum atomic E-state index is 0.235. The fourth-order valence-corrected chi connectivity index (χ4v) is 3.61. The van der Waals surface area contributed by atoms with Crippen LogP contribution in [0.4, 0.5) is 0 Å². The zero-order valence-corrected chi connectivity index (χ0v) is 16.0. The van der Waals surface area contributed by atoms with E-state index in [0.29, 0.717) is 0 Å². The van der Waals surface area contributed by atoms with E-state index in [0.717, 1.165) is 38.4 Å². The van der Waals surface area contributed by atoms with Gasteiger partial charge in [0.1, 0.15) is 0 Å². The van der Waals surface area contributed by atoms with Crippen molar-refractivity contribution < 1.29 is 0 Å². The van der Waals surface area contributed by atoms with Gasteiger partial charge < -0.3 is 10.6 Å². The van der Waals surface area contributed by atoms with Gasteiger partial charge in [-0.1, -0.05) is 36.8 Å². The number of hydrogen-bond donors (Lipinski definition) is 2. The Hall–Kier alpha value is -2.30. The molecule has 1 heterocycles. The van der Waals surface area contributed by atoms with Crippen molar-refractivity contribution in [3.05, 3.63) is 53.9 Å². The third kappa shape index (κ3) is 4.65. The average Bonchev–Trinajstić information content (AvgIpc) is 3.04. The summed E-state index contributed by atoms with van der Waals surface area (Å²) in [6.07, 6.45) is 9.91. The molecule has 1 aliphatic carbocycles. The molecule has 1 saturated carbocycles. The second-order valence-electron chi connectivity index (χ2n) is 7.25. The van der Waals surface area contributed by atoms with E-state index in [4.69, 9.17) is 4.99 Å². The second-order valence-corrected chi connectivity index (χ2v) is 7.25. The molecule has 1 aromatic carbocycles. The van der Waals surface area contributed by atoms with Crippen LogP contribution < -0.4 is 10.6 Å². The molecule has 3 rings (SSSR count). The number of hydrogen-bond acceptors (Lipinski definition) is 2. The second kappa shape index (κ2) is 8.88. The van der Waals surface area contributed by atoms with Crippen molar-refractivity contribution in [2.45, 2.75) is 44.4 Å².